The molecule has 0 aliphatic heterocycles. The third-order valence-electron chi connectivity index (χ3n) is 2.91. The van der Waals surface area contributed by atoms with Crippen LogP contribution in [-0.2, 0) is 11.2 Å². The van der Waals surface area contributed by atoms with Crippen LogP contribution in [0.15, 0.2) is 30.3 Å². The van der Waals surface area contributed by atoms with Crippen LogP contribution in [0.1, 0.15) is 19.4 Å². The summed E-state index contributed by atoms with van der Waals surface area (Å²) in [6.07, 6.45) is 0.429. The lowest BCUT2D eigenvalue weighted by Gasteiger charge is -2.24. The smallest absolute Gasteiger partial charge is 0.227 e. The SMILES string of the molecule is CCN(CC(C)C(N)=S)C(=O)Cc1ccccc1. The Morgan fingerprint density at radius 2 is 2.00 bits per heavy atom. The summed E-state index contributed by atoms with van der Waals surface area (Å²) in [7, 11) is 0. The van der Waals surface area contributed by atoms with E-state index in [1.807, 2.05) is 44.2 Å². The minimum Gasteiger partial charge on any atom is -0.393 e. The predicted molar refractivity (Wildman–Crippen MR) is 78.3 cm³/mol. The molecule has 4 heteroatoms. The van der Waals surface area contributed by atoms with E-state index in [0.717, 1.165) is 5.56 Å². The zero-order valence-electron chi connectivity index (χ0n) is 10.9. The van der Waals surface area contributed by atoms with Crippen molar-refractivity contribution in [2.75, 3.05) is 13.1 Å². The van der Waals surface area contributed by atoms with Gasteiger partial charge in [0, 0.05) is 19.0 Å². The van der Waals surface area contributed by atoms with E-state index >= 15 is 0 Å². The van der Waals surface area contributed by atoms with Crippen molar-refractivity contribution in [3.8, 4) is 0 Å². The zero-order valence-corrected chi connectivity index (χ0v) is 11.7. The van der Waals surface area contributed by atoms with Gasteiger partial charge in [-0.05, 0) is 12.5 Å². The van der Waals surface area contributed by atoms with Crippen molar-refractivity contribution in [1.29, 1.82) is 0 Å². The normalized spacial score (nSPS) is 11.9. The van der Waals surface area contributed by atoms with E-state index in [9.17, 15) is 4.79 Å². The molecule has 0 aliphatic rings. The molecule has 0 aromatic heterocycles. The number of likely N-dealkylation sites (N-methyl/N-ethyl adjacent to an activating group) is 1. The minimum absolute atomic E-state index is 0.0553. The van der Waals surface area contributed by atoms with Gasteiger partial charge in [-0.1, -0.05) is 49.5 Å². The molecule has 1 aromatic rings. The molecular weight excluding hydrogens is 244 g/mol. The highest BCUT2D eigenvalue weighted by atomic mass is 32.1. The number of carbonyl (C=O) groups excluding carboxylic acids is 1. The van der Waals surface area contributed by atoms with Gasteiger partial charge >= 0.3 is 0 Å². The third-order valence-corrected chi connectivity index (χ3v) is 3.31. The van der Waals surface area contributed by atoms with Crippen LogP contribution in [0.25, 0.3) is 0 Å². The van der Waals surface area contributed by atoms with E-state index in [-0.39, 0.29) is 11.8 Å². The summed E-state index contributed by atoms with van der Waals surface area (Å²) in [5.74, 6) is 0.173. The van der Waals surface area contributed by atoms with E-state index in [4.69, 9.17) is 18.0 Å². The second-order valence-corrected chi connectivity index (χ2v) is 4.87. The summed E-state index contributed by atoms with van der Waals surface area (Å²) >= 11 is 4.94. The standard InChI is InChI=1S/C14H20N2OS/c1-3-16(10-11(2)14(15)18)13(17)9-12-7-5-4-6-8-12/h4-8,11H,3,9-10H2,1-2H3,(H2,15,18). The largest absolute Gasteiger partial charge is 0.393 e. The Hall–Kier alpha value is -1.42. The molecule has 0 aliphatic carbocycles. The van der Waals surface area contributed by atoms with Gasteiger partial charge in [0.1, 0.15) is 0 Å². The molecule has 0 bridgehead atoms. The van der Waals surface area contributed by atoms with Crippen molar-refractivity contribution in [1.82, 2.24) is 4.90 Å². The number of nitrogens with zero attached hydrogens (tertiary/aromatic N) is 1. The Balaban J connectivity index is 2.60. The van der Waals surface area contributed by atoms with E-state index < -0.39 is 0 Å². The maximum Gasteiger partial charge on any atom is 0.227 e. The van der Waals surface area contributed by atoms with Crippen LogP contribution in [0.3, 0.4) is 0 Å². The van der Waals surface area contributed by atoms with Gasteiger partial charge in [0.15, 0.2) is 0 Å². The molecule has 0 saturated carbocycles. The highest BCUT2D eigenvalue weighted by Crippen LogP contribution is 2.06. The monoisotopic (exact) mass is 264 g/mol. The van der Waals surface area contributed by atoms with Crippen molar-refractivity contribution in [2.45, 2.75) is 20.3 Å². The number of amides is 1. The molecule has 1 rings (SSSR count). The molecule has 3 nitrogen and oxygen atoms in total. The van der Waals surface area contributed by atoms with E-state index in [2.05, 4.69) is 0 Å². The Morgan fingerprint density at radius 3 is 2.50 bits per heavy atom. The Kier molecular flexibility index (Phi) is 5.78. The van der Waals surface area contributed by atoms with Gasteiger partial charge in [-0.25, -0.2) is 0 Å². The van der Waals surface area contributed by atoms with Crippen LogP contribution >= 0.6 is 12.2 Å². The van der Waals surface area contributed by atoms with Crippen LogP contribution in [0, 0.1) is 5.92 Å². The number of carbonyl (C=O) groups is 1. The molecule has 1 aromatic carbocycles. The first kappa shape index (κ1) is 14.6. The van der Waals surface area contributed by atoms with Crippen LogP contribution in [0.5, 0.6) is 0 Å². The summed E-state index contributed by atoms with van der Waals surface area (Å²) < 4.78 is 0. The molecule has 2 N–H and O–H groups in total. The Morgan fingerprint density at radius 1 is 1.39 bits per heavy atom. The second kappa shape index (κ2) is 7.11. The highest BCUT2D eigenvalue weighted by Gasteiger charge is 2.16. The molecule has 0 spiro atoms. The maximum absolute atomic E-state index is 12.1. The first-order valence-electron chi connectivity index (χ1n) is 6.15. The summed E-state index contributed by atoms with van der Waals surface area (Å²) in [5.41, 5.74) is 6.62. The van der Waals surface area contributed by atoms with E-state index in [1.54, 1.807) is 4.90 Å². The van der Waals surface area contributed by atoms with Crippen LogP contribution < -0.4 is 5.73 Å². The molecule has 98 valence electrons. The molecule has 0 radical (unpaired) electrons. The Labute approximate surface area is 114 Å². The fraction of sp³-hybridized carbons (Fsp3) is 0.429. The molecular formula is C14H20N2OS. The average Bonchev–Trinajstić information content (AvgIpc) is 2.36. The van der Waals surface area contributed by atoms with E-state index in [0.29, 0.717) is 24.5 Å². The number of hydrogen-bond donors (Lipinski definition) is 1. The fourth-order valence-electron chi connectivity index (χ4n) is 1.71. The second-order valence-electron chi connectivity index (χ2n) is 4.40. The van der Waals surface area contributed by atoms with Crippen LogP contribution in [0.4, 0.5) is 0 Å². The molecule has 0 saturated heterocycles. The van der Waals surface area contributed by atoms with Gasteiger partial charge in [-0.2, -0.15) is 0 Å². The molecule has 1 amide bonds. The zero-order chi connectivity index (χ0) is 13.5. The van der Waals surface area contributed by atoms with E-state index in [1.165, 1.54) is 0 Å². The van der Waals surface area contributed by atoms with Gasteiger partial charge in [0.2, 0.25) is 5.91 Å². The van der Waals surface area contributed by atoms with Crippen molar-refractivity contribution >= 4 is 23.1 Å². The first-order valence-corrected chi connectivity index (χ1v) is 6.56. The summed E-state index contributed by atoms with van der Waals surface area (Å²) in [6.45, 7) is 5.19. The summed E-state index contributed by atoms with van der Waals surface area (Å²) in [6, 6.07) is 9.75. The lowest BCUT2D eigenvalue weighted by molar-refractivity contribution is -0.130. The lowest BCUT2D eigenvalue weighted by Crippen LogP contribution is -2.38. The minimum atomic E-state index is 0.0553. The lowest BCUT2D eigenvalue weighted by atomic mass is 10.1. The fourth-order valence-corrected chi connectivity index (χ4v) is 1.78. The van der Waals surface area contributed by atoms with Gasteiger partial charge in [0.25, 0.3) is 0 Å². The van der Waals surface area contributed by atoms with Gasteiger partial charge in [-0.3, -0.25) is 4.79 Å². The quantitative estimate of drug-likeness (QED) is 0.799. The van der Waals surface area contributed by atoms with Crippen molar-refractivity contribution < 1.29 is 4.79 Å². The van der Waals surface area contributed by atoms with Crippen molar-refractivity contribution in [3.63, 3.8) is 0 Å². The molecule has 1 unspecified atom stereocenters. The third kappa shape index (κ3) is 4.45. The first-order chi connectivity index (χ1) is 8.54. The number of benzene rings is 1. The predicted octanol–water partition coefficient (Wildman–Crippen LogP) is 2.00. The molecule has 18 heavy (non-hydrogen) atoms. The van der Waals surface area contributed by atoms with Gasteiger partial charge in [0.05, 0.1) is 11.4 Å². The number of hydrogen-bond acceptors (Lipinski definition) is 2. The Bertz CT molecular complexity index is 406. The van der Waals surface area contributed by atoms with Crippen LogP contribution in [0.2, 0.25) is 0 Å². The highest BCUT2D eigenvalue weighted by molar-refractivity contribution is 7.80. The average molecular weight is 264 g/mol. The van der Waals surface area contributed by atoms with Gasteiger partial charge in [-0.15, -0.1) is 0 Å². The molecule has 1 atom stereocenters. The van der Waals surface area contributed by atoms with Crippen LogP contribution in [-0.4, -0.2) is 28.9 Å². The topological polar surface area (TPSA) is 46.3 Å². The summed E-state index contributed by atoms with van der Waals surface area (Å²) in [4.78, 5) is 14.4. The number of thiocarbonyl (C=S) groups is 1. The summed E-state index contributed by atoms with van der Waals surface area (Å²) in [5, 5.41) is 0. The van der Waals surface area contributed by atoms with Crippen molar-refractivity contribution in [3.05, 3.63) is 35.9 Å². The maximum atomic E-state index is 12.1. The van der Waals surface area contributed by atoms with Gasteiger partial charge < -0.3 is 10.6 Å². The number of rotatable bonds is 6. The number of nitrogens with two attached hydrogens (primary N) is 1. The molecule has 0 heterocycles. The van der Waals surface area contributed by atoms with Crippen molar-refractivity contribution in [2.24, 2.45) is 11.7 Å². The molecule has 0 fully saturated rings.